The zero-order valence-electron chi connectivity index (χ0n) is 13.1. The van der Waals surface area contributed by atoms with Gasteiger partial charge in [0.25, 0.3) is 0 Å². The Morgan fingerprint density at radius 1 is 1.14 bits per heavy atom. The minimum atomic E-state index is 0.754. The predicted octanol–water partition coefficient (Wildman–Crippen LogP) is 4.06. The van der Waals surface area contributed by atoms with E-state index in [0.717, 1.165) is 42.7 Å². The molecule has 21 heavy (non-hydrogen) atoms. The molecule has 1 aromatic rings. The monoisotopic (exact) mass is 285 g/mol. The topological polar surface area (TPSA) is 21.3 Å². The number of benzene rings is 1. The summed E-state index contributed by atoms with van der Waals surface area (Å²) in [6.45, 7) is 4.05. The van der Waals surface area contributed by atoms with Crippen molar-refractivity contribution < 1.29 is 4.74 Å². The summed E-state index contributed by atoms with van der Waals surface area (Å²) >= 11 is 0. The Kier molecular flexibility index (Phi) is 3.66. The van der Waals surface area contributed by atoms with E-state index in [4.69, 9.17) is 4.74 Å². The van der Waals surface area contributed by atoms with Gasteiger partial charge in [-0.1, -0.05) is 24.1 Å². The second kappa shape index (κ2) is 5.64. The smallest absolute Gasteiger partial charge is 0.123 e. The molecule has 2 nitrogen and oxygen atoms in total. The Balaban J connectivity index is 1.38. The molecule has 114 valence electrons. The maximum Gasteiger partial charge on any atom is 0.123 e. The highest BCUT2D eigenvalue weighted by Gasteiger charge is 2.39. The van der Waals surface area contributed by atoms with E-state index < -0.39 is 0 Å². The van der Waals surface area contributed by atoms with Gasteiger partial charge in [-0.2, -0.15) is 0 Å². The van der Waals surface area contributed by atoms with Crippen LogP contribution in [-0.4, -0.2) is 12.6 Å². The second-order valence-electron chi connectivity index (χ2n) is 7.51. The van der Waals surface area contributed by atoms with Gasteiger partial charge < -0.3 is 10.1 Å². The number of ether oxygens (including phenoxy) is 1. The summed E-state index contributed by atoms with van der Waals surface area (Å²) in [5.74, 6) is 3.89. The minimum Gasteiger partial charge on any atom is -0.493 e. The third-order valence-corrected chi connectivity index (χ3v) is 5.71. The van der Waals surface area contributed by atoms with Crippen molar-refractivity contribution in [1.82, 2.24) is 5.32 Å². The summed E-state index contributed by atoms with van der Waals surface area (Å²) in [4.78, 5) is 0. The van der Waals surface area contributed by atoms with Crippen LogP contribution in [0.5, 0.6) is 5.75 Å². The first kappa shape index (κ1) is 13.6. The fourth-order valence-electron chi connectivity index (χ4n) is 4.31. The van der Waals surface area contributed by atoms with Crippen LogP contribution >= 0.6 is 0 Å². The van der Waals surface area contributed by atoms with E-state index in [1.165, 1.54) is 49.7 Å². The molecule has 0 saturated heterocycles. The maximum atomic E-state index is 6.24. The van der Waals surface area contributed by atoms with E-state index in [-0.39, 0.29) is 0 Å². The van der Waals surface area contributed by atoms with Crippen LogP contribution in [0.25, 0.3) is 0 Å². The molecule has 0 aliphatic heterocycles. The molecule has 3 aliphatic carbocycles. The minimum absolute atomic E-state index is 0.754. The lowest BCUT2D eigenvalue weighted by Crippen LogP contribution is -2.20. The lowest BCUT2D eigenvalue weighted by molar-refractivity contribution is 0.193. The first-order valence-electron chi connectivity index (χ1n) is 8.73. The molecule has 3 saturated carbocycles. The Morgan fingerprint density at radius 3 is 2.76 bits per heavy atom. The van der Waals surface area contributed by atoms with Gasteiger partial charge in [0, 0.05) is 18.2 Å². The van der Waals surface area contributed by atoms with E-state index in [9.17, 15) is 0 Å². The summed E-state index contributed by atoms with van der Waals surface area (Å²) in [7, 11) is 0. The predicted molar refractivity (Wildman–Crippen MR) is 85.5 cm³/mol. The summed E-state index contributed by atoms with van der Waals surface area (Å²) < 4.78 is 6.24. The first-order chi connectivity index (χ1) is 10.3. The van der Waals surface area contributed by atoms with Crippen LogP contribution in [-0.2, 0) is 6.54 Å². The fraction of sp³-hybridized carbons (Fsp3) is 0.684. The van der Waals surface area contributed by atoms with Crippen LogP contribution in [0.15, 0.2) is 18.2 Å². The van der Waals surface area contributed by atoms with E-state index in [2.05, 4.69) is 30.4 Å². The molecular weight excluding hydrogens is 258 g/mol. The SMILES string of the molecule is Cc1ccc(OCC2CC3CCC2C3)c(CNC2CC2)c1. The molecular formula is C19H27NO. The average Bonchev–Trinajstić information content (AvgIpc) is 3.08. The van der Waals surface area contributed by atoms with Crippen LogP contribution in [0, 0.1) is 24.7 Å². The number of hydrogen-bond donors (Lipinski definition) is 1. The van der Waals surface area contributed by atoms with Crippen molar-refractivity contribution in [1.29, 1.82) is 0 Å². The van der Waals surface area contributed by atoms with Crippen molar-refractivity contribution in [3.63, 3.8) is 0 Å². The van der Waals surface area contributed by atoms with Crippen molar-refractivity contribution in [2.75, 3.05) is 6.61 Å². The van der Waals surface area contributed by atoms with Gasteiger partial charge in [-0.15, -0.1) is 0 Å². The number of hydrogen-bond acceptors (Lipinski definition) is 2. The molecule has 0 heterocycles. The number of rotatable bonds is 6. The summed E-state index contributed by atoms with van der Waals surface area (Å²) in [6, 6.07) is 7.39. The maximum absolute atomic E-state index is 6.24. The van der Waals surface area contributed by atoms with Crippen LogP contribution in [0.1, 0.15) is 49.7 Å². The molecule has 1 aromatic carbocycles. The van der Waals surface area contributed by atoms with Gasteiger partial charge >= 0.3 is 0 Å². The van der Waals surface area contributed by atoms with Gasteiger partial charge in [0.1, 0.15) is 5.75 Å². The summed E-state index contributed by atoms with van der Waals surface area (Å²) in [5.41, 5.74) is 2.67. The Morgan fingerprint density at radius 2 is 2.05 bits per heavy atom. The molecule has 1 N–H and O–H groups in total. The quantitative estimate of drug-likeness (QED) is 0.851. The molecule has 4 rings (SSSR count). The largest absolute Gasteiger partial charge is 0.493 e. The van der Waals surface area contributed by atoms with Crippen molar-refractivity contribution in [3.05, 3.63) is 29.3 Å². The van der Waals surface area contributed by atoms with Crippen LogP contribution in [0.2, 0.25) is 0 Å². The van der Waals surface area contributed by atoms with Gasteiger partial charge in [0.15, 0.2) is 0 Å². The van der Waals surface area contributed by atoms with Crippen LogP contribution < -0.4 is 10.1 Å². The lowest BCUT2D eigenvalue weighted by Gasteiger charge is -2.22. The van der Waals surface area contributed by atoms with E-state index in [1.807, 2.05) is 0 Å². The van der Waals surface area contributed by atoms with Crippen LogP contribution in [0.3, 0.4) is 0 Å². The number of nitrogens with one attached hydrogen (secondary N) is 1. The third kappa shape index (κ3) is 3.11. The van der Waals surface area contributed by atoms with Crippen LogP contribution in [0.4, 0.5) is 0 Å². The summed E-state index contributed by atoms with van der Waals surface area (Å²) in [6.07, 6.45) is 8.48. The van der Waals surface area contributed by atoms with E-state index in [1.54, 1.807) is 0 Å². The number of fused-ring (bicyclic) bond motifs is 2. The molecule has 0 radical (unpaired) electrons. The molecule has 2 heteroatoms. The lowest BCUT2D eigenvalue weighted by atomic mass is 9.89. The van der Waals surface area contributed by atoms with Gasteiger partial charge in [0.2, 0.25) is 0 Å². The van der Waals surface area contributed by atoms with Crippen molar-refractivity contribution in [2.24, 2.45) is 17.8 Å². The molecule has 2 bridgehead atoms. The Bertz CT molecular complexity index is 508. The molecule has 0 spiro atoms. The molecule has 0 aromatic heterocycles. The van der Waals surface area contributed by atoms with E-state index in [0.29, 0.717) is 0 Å². The Labute approximate surface area is 128 Å². The Hall–Kier alpha value is -1.02. The fourth-order valence-corrected chi connectivity index (χ4v) is 4.31. The van der Waals surface area contributed by atoms with Gasteiger partial charge in [0.05, 0.1) is 6.61 Å². The first-order valence-corrected chi connectivity index (χ1v) is 8.73. The van der Waals surface area contributed by atoms with Gasteiger partial charge in [-0.3, -0.25) is 0 Å². The molecule has 0 amide bonds. The highest BCUT2D eigenvalue weighted by molar-refractivity contribution is 5.37. The van der Waals surface area contributed by atoms with Crippen molar-refractivity contribution >= 4 is 0 Å². The van der Waals surface area contributed by atoms with Crippen molar-refractivity contribution in [2.45, 2.75) is 58.0 Å². The normalized spacial score (nSPS) is 30.8. The highest BCUT2D eigenvalue weighted by atomic mass is 16.5. The third-order valence-electron chi connectivity index (χ3n) is 5.71. The number of aryl methyl sites for hydroxylation is 1. The zero-order valence-corrected chi connectivity index (χ0v) is 13.1. The van der Waals surface area contributed by atoms with Gasteiger partial charge in [-0.25, -0.2) is 0 Å². The molecule has 3 unspecified atom stereocenters. The summed E-state index contributed by atoms with van der Waals surface area (Å²) in [5, 5.41) is 3.62. The van der Waals surface area contributed by atoms with E-state index >= 15 is 0 Å². The molecule has 3 fully saturated rings. The highest BCUT2D eigenvalue weighted by Crippen LogP contribution is 2.48. The molecule has 3 atom stereocenters. The zero-order chi connectivity index (χ0) is 14.2. The average molecular weight is 285 g/mol. The second-order valence-corrected chi connectivity index (χ2v) is 7.51. The standard InChI is InChI=1S/C19H27NO/c1-13-2-7-19(16(8-13)11-20-18-5-6-18)21-12-17-10-14-3-4-15(17)9-14/h2,7-8,14-15,17-18,20H,3-6,9-12H2,1H3. The van der Waals surface area contributed by atoms with Gasteiger partial charge in [-0.05, 0) is 62.8 Å². The van der Waals surface area contributed by atoms with Crippen molar-refractivity contribution in [3.8, 4) is 5.75 Å². The molecule has 3 aliphatic rings.